The Morgan fingerprint density at radius 1 is 1.37 bits per heavy atom. The maximum atomic E-state index is 12.0. The molecule has 0 atom stereocenters. The number of hydrogen-bond donors (Lipinski definition) is 1. The lowest BCUT2D eigenvalue weighted by Crippen LogP contribution is -2.29. The van der Waals surface area contributed by atoms with Crippen molar-refractivity contribution in [2.24, 2.45) is 0 Å². The van der Waals surface area contributed by atoms with Gasteiger partial charge in [0.1, 0.15) is 0 Å². The van der Waals surface area contributed by atoms with Gasteiger partial charge in [-0.1, -0.05) is 12.8 Å². The van der Waals surface area contributed by atoms with Crippen LogP contribution in [0.4, 0.5) is 0 Å². The number of aromatic nitrogens is 1. The number of fused-ring (bicyclic) bond motifs is 1. The van der Waals surface area contributed by atoms with Crippen LogP contribution in [-0.2, 0) is 0 Å². The summed E-state index contributed by atoms with van der Waals surface area (Å²) in [7, 11) is 0. The van der Waals surface area contributed by atoms with Gasteiger partial charge in [0, 0.05) is 29.9 Å². The average molecular weight is 276 g/mol. The Bertz CT molecular complexity index is 559. The number of nitrogens with one attached hydrogen (secondary N) is 1. The fourth-order valence-corrected chi connectivity index (χ4v) is 3.79. The van der Waals surface area contributed by atoms with E-state index in [1.807, 2.05) is 19.9 Å². The van der Waals surface area contributed by atoms with Crippen LogP contribution in [0.3, 0.4) is 0 Å². The summed E-state index contributed by atoms with van der Waals surface area (Å²) in [4.78, 5) is 12.8. The predicted molar refractivity (Wildman–Crippen MR) is 79.9 cm³/mol. The molecule has 3 rings (SSSR count). The number of nitrogens with zero attached hydrogens (tertiary/aromatic N) is 1. The monoisotopic (exact) mass is 276 g/mol. The van der Waals surface area contributed by atoms with Crippen molar-refractivity contribution in [2.45, 2.75) is 51.6 Å². The molecule has 0 radical (unpaired) electrons. The molecule has 1 N–H and O–H groups in total. The SMILES string of the molecule is CC(C)NC(=O)c1cc2cn(C3CCCC3)cc2s1. The van der Waals surface area contributed by atoms with Gasteiger partial charge >= 0.3 is 0 Å². The highest BCUT2D eigenvalue weighted by Gasteiger charge is 2.18. The number of carbonyl (C=O) groups is 1. The first-order valence-electron chi connectivity index (χ1n) is 7.05. The lowest BCUT2D eigenvalue weighted by atomic mass is 10.2. The van der Waals surface area contributed by atoms with Gasteiger partial charge < -0.3 is 9.88 Å². The summed E-state index contributed by atoms with van der Waals surface area (Å²) < 4.78 is 3.57. The molecule has 1 aliphatic carbocycles. The van der Waals surface area contributed by atoms with Crippen molar-refractivity contribution in [2.75, 3.05) is 0 Å². The molecule has 0 saturated heterocycles. The molecule has 0 unspecified atom stereocenters. The Morgan fingerprint density at radius 3 is 2.74 bits per heavy atom. The zero-order chi connectivity index (χ0) is 13.4. The summed E-state index contributed by atoms with van der Waals surface area (Å²) in [5, 5.41) is 4.14. The largest absolute Gasteiger partial charge is 0.349 e. The smallest absolute Gasteiger partial charge is 0.261 e. The van der Waals surface area contributed by atoms with Gasteiger partial charge in [-0.15, -0.1) is 11.3 Å². The summed E-state index contributed by atoms with van der Waals surface area (Å²) in [6, 6.07) is 2.88. The molecule has 102 valence electrons. The molecule has 19 heavy (non-hydrogen) atoms. The molecular formula is C15H20N2OS. The average Bonchev–Trinajstić information content (AvgIpc) is 3.02. The van der Waals surface area contributed by atoms with E-state index in [-0.39, 0.29) is 11.9 Å². The van der Waals surface area contributed by atoms with Crippen molar-refractivity contribution in [1.82, 2.24) is 9.88 Å². The highest BCUT2D eigenvalue weighted by Crippen LogP contribution is 2.34. The van der Waals surface area contributed by atoms with Crippen molar-refractivity contribution >= 4 is 27.3 Å². The molecule has 1 amide bonds. The normalized spacial score (nSPS) is 16.6. The fourth-order valence-electron chi connectivity index (χ4n) is 2.81. The second-order valence-electron chi connectivity index (χ2n) is 5.70. The molecule has 1 fully saturated rings. The maximum absolute atomic E-state index is 12.0. The summed E-state index contributed by atoms with van der Waals surface area (Å²) >= 11 is 1.59. The van der Waals surface area contributed by atoms with Crippen LogP contribution in [0.15, 0.2) is 18.5 Å². The van der Waals surface area contributed by atoms with Crippen LogP contribution in [0.25, 0.3) is 10.1 Å². The first kappa shape index (κ1) is 12.7. The van der Waals surface area contributed by atoms with E-state index >= 15 is 0 Å². The molecule has 2 aromatic heterocycles. The van der Waals surface area contributed by atoms with Crippen molar-refractivity contribution < 1.29 is 4.79 Å². The first-order chi connectivity index (χ1) is 9.13. The molecule has 4 heteroatoms. The fraction of sp³-hybridized carbons (Fsp3) is 0.533. The molecule has 1 aliphatic rings. The van der Waals surface area contributed by atoms with E-state index in [9.17, 15) is 4.79 Å². The minimum atomic E-state index is 0.0450. The molecule has 0 spiro atoms. The number of thiophene rings is 1. The zero-order valence-corrected chi connectivity index (χ0v) is 12.3. The third-order valence-corrected chi connectivity index (χ3v) is 4.82. The van der Waals surface area contributed by atoms with Gasteiger partial charge in [-0.2, -0.15) is 0 Å². The highest BCUT2D eigenvalue weighted by atomic mass is 32.1. The van der Waals surface area contributed by atoms with Crippen molar-refractivity contribution in [3.05, 3.63) is 23.3 Å². The minimum Gasteiger partial charge on any atom is -0.349 e. The predicted octanol–water partition coefficient (Wildman–Crippen LogP) is 3.96. The second kappa shape index (κ2) is 5.00. The molecule has 2 heterocycles. The quantitative estimate of drug-likeness (QED) is 0.904. The molecule has 2 aromatic rings. The van der Waals surface area contributed by atoms with E-state index in [2.05, 4.69) is 22.3 Å². The maximum Gasteiger partial charge on any atom is 0.261 e. The number of amides is 1. The number of hydrogen-bond acceptors (Lipinski definition) is 2. The number of rotatable bonds is 3. The highest BCUT2D eigenvalue weighted by molar-refractivity contribution is 7.20. The second-order valence-corrected chi connectivity index (χ2v) is 6.79. The van der Waals surface area contributed by atoms with E-state index in [0.29, 0.717) is 6.04 Å². The molecule has 0 aromatic carbocycles. The van der Waals surface area contributed by atoms with Crippen LogP contribution in [-0.4, -0.2) is 16.5 Å². The van der Waals surface area contributed by atoms with Crippen molar-refractivity contribution in [3.63, 3.8) is 0 Å². The van der Waals surface area contributed by atoms with Gasteiger partial charge in [-0.05, 0) is 32.8 Å². The standard InChI is InChI=1S/C15H20N2OS/c1-10(2)16-15(18)13-7-11-8-17(9-14(11)19-13)12-5-3-4-6-12/h7-10,12H,3-6H2,1-2H3,(H,16,18). The third kappa shape index (κ3) is 2.54. The molecule has 0 bridgehead atoms. The Kier molecular flexibility index (Phi) is 3.35. The van der Waals surface area contributed by atoms with Gasteiger partial charge in [0.25, 0.3) is 5.91 Å². The summed E-state index contributed by atoms with van der Waals surface area (Å²) in [5.74, 6) is 0.0450. The molecule has 1 saturated carbocycles. The Balaban J connectivity index is 1.83. The van der Waals surface area contributed by atoms with Gasteiger partial charge in [0.05, 0.1) is 9.58 Å². The van der Waals surface area contributed by atoms with Crippen LogP contribution in [0.5, 0.6) is 0 Å². The molecule has 0 aliphatic heterocycles. The Morgan fingerprint density at radius 2 is 2.11 bits per heavy atom. The Labute approximate surface area is 117 Å². The third-order valence-electron chi connectivity index (χ3n) is 3.74. The lowest BCUT2D eigenvalue weighted by Gasteiger charge is -2.10. The lowest BCUT2D eigenvalue weighted by molar-refractivity contribution is 0.0947. The van der Waals surface area contributed by atoms with Gasteiger partial charge in [-0.3, -0.25) is 4.79 Å². The van der Waals surface area contributed by atoms with E-state index in [0.717, 1.165) is 4.88 Å². The van der Waals surface area contributed by atoms with Crippen LogP contribution in [0.1, 0.15) is 55.2 Å². The zero-order valence-electron chi connectivity index (χ0n) is 11.5. The van der Waals surface area contributed by atoms with Crippen LogP contribution in [0.2, 0.25) is 0 Å². The van der Waals surface area contributed by atoms with E-state index < -0.39 is 0 Å². The van der Waals surface area contributed by atoms with Crippen LogP contribution >= 0.6 is 11.3 Å². The van der Waals surface area contributed by atoms with Crippen LogP contribution < -0.4 is 5.32 Å². The molecular weight excluding hydrogens is 256 g/mol. The van der Waals surface area contributed by atoms with E-state index in [4.69, 9.17) is 0 Å². The van der Waals surface area contributed by atoms with E-state index in [1.165, 1.54) is 35.8 Å². The molecule has 3 nitrogen and oxygen atoms in total. The first-order valence-corrected chi connectivity index (χ1v) is 7.87. The van der Waals surface area contributed by atoms with Crippen LogP contribution in [0, 0.1) is 0 Å². The summed E-state index contributed by atoms with van der Waals surface area (Å²) in [6.45, 7) is 3.97. The van der Waals surface area contributed by atoms with Crippen molar-refractivity contribution in [1.29, 1.82) is 0 Å². The van der Waals surface area contributed by atoms with Gasteiger partial charge in [-0.25, -0.2) is 0 Å². The topological polar surface area (TPSA) is 34.0 Å². The summed E-state index contributed by atoms with van der Waals surface area (Å²) in [5.41, 5.74) is 0. The Hall–Kier alpha value is -1.29. The van der Waals surface area contributed by atoms with Gasteiger partial charge in [0.15, 0.2) is 0 Å². The van der Waals surface area contributed by atoms with E-state index in [1.54, 1.807) is 11.3 Å². The minimum absolute atomic E-state index is 0.0450. The summed E-state index contributed by atoms with van der Waals surface area (Å²) in [6.07, 6.45) is 9.69. The van der Waals surface area contributed by atoms with Gasteiger partial charge in [0.2, 0.25) is 0 Å². The van der Waals surface area contributed by atoms with Crippen molar-refractivity contribution in [3.8, 4) is 0 Å². The number of carbonyl (C=O) groups excluding carboxylic acids is 1.